The predicted molar refractivity (Wildman–Crippen MR) is 99.6 cm³/mol. The second-order valence-electron chi connectivity index (χ2n) is 7.01. The molecular weight excluding hydrogens is 393 g/mol. The number of halogens is 4. The molecule has 28 heavy (non-hydrogen) atoms. The summed E-state index contributed by atoms with van der Waals surface area (Å²) in [6, 6.07) is 9.40. The van der Waals surface area contributed by atoms with Gasteiger partial charge in [0.05, 0.1) is 10.6 Å². The zero-order chi connectivity index (χ0) is 19.9. The molecule has 2 aliphatic rings. The van der Waals surface area contributed by atoms with E-state index in [0.717, 1.165) is 37.2 Å². The summed E-state index contributed by atoms with van der Waals surface area (Å²) in [5.74, 6) is -0.450. The number of carbonyl (C=O) groups is 1. The Balaban J connectivity index is 1.49. The fraction of sp³-hybridized carbons (Fsp3) is 0.350. The smallest absolute Gasteiger partial charge is 0.406 e. The summed E-state index contributed by atoms with van der Waals surface area (Å²) >= 11 is 6.40. The van der Waals surface area contributed by atoms with Crippen LogP contribution in [0.3, 0.4) is 0 Å². The molecule has 4 rings (SSSR count). The lowest BCUT2D eigenvalue weighted by atomic mass is 10.1. The molecule has 0 unspecified atom stereocenters. The largest absolute Gasteiger partial charge is 0.573 e. The average molecular weight is 411 g/mol. The molecule has 0 saturated carbocycles. The number of carbonyl (C=O) groups excluding carboxylic acids is 1. The summed E-state index contributed by atoms with van der Waals surface area (Å²) < 4.78 is 40.7. The van der Waals surface area contributed by atoms with Crippen molar-refractivity contribution in [1.82, 2.24) is 4.90 Å². The molecule has 2 aromatic carbocycles. The van der Waals surface area contributed by atoms with Crippen molar-refractivity contribution < 1.29 is 22.7 Å². The van der Waals surface area contributed by atoms with E-state index in [9.17, 15) is 18.0 Å². The number of anilines is 1. The molecule has 0 spiro atoms. The van der Waals surface area contributed by atoms with Crippen LogP contribution in [0.2, 0.25) is 5.02 Å². The normalized spacial score (nSPS) is 16.6. The van der Waals surface area contributed by atoms with Gasteiger partial charge in [-0.25, -0.2) is 0 Å². The van der Waals surface area contributed by atoms with Crippen LogP contribution in [-0.4, -0.2) is 30.3 Å². The Morgan fingerprint density at radius 1 is 1.07 bits per heavy atom. The van der Waals surface area contributed by atoms with E-state index in [1.807, 2.05) is 12.1 Å². The number of benzene rings is 2. The molecule has 4 nitrogen and oxygen atoms in total. The molecule has 1 amide bonds. The number of rotatable bonds is 4. The number of ether oxygens (including phenoxy) is 1. The van der Waals surface area contributed by atoms with Gasteiger partial charge in [-0.05, 0) is 48.2 Å². The molecule has 0 atom stereocenters. The van der Waals surface area contributed by atoms with Crippen LogP contribution in [0.25, 0.3) is 0 Å². The summed E-state index contributed by atoms with van der Waals surface area (Å²) in [6.45, 7) is 2.68. The van der Waals surface area contributed by atoms with Crippen molar-refractivity contribution in [2.45, 2.75) is 32.3 Å². The molecule has 2 aliphatic heterocycles. The van der Waals surface area contributed by atoms with Crippen molar-refractivity contribution in [3.05, 3.63) is 58.1 Å². The average Bonchev–Trinajstić information content (AvgIpc) is 3.24. The quantitative estimate of drug-likeness (QED) is 0.711. The van der Waals surface area contributed by atoms with E-state index in [1.54, 1.807) is 4.90 Å². The maximum absolute atomic E-state index is 12.8. The van der Waals surface area contributed by atoms with E-state index in [1.165, 1.54) is 24.3 Å². The molecular formula is C20H18ClF3N2O2. The summed E-state index contributed by atoms with van der Waals surface area (Å²) in [5.41, 5.74) is 3.15. The SMILES string of the molecule is O=C1c2c(Cl)cc(N3CCCC3)cc2CN1Cc1ccc(OC(F)(F)F)cc1. The molecule has 0 bridgehead atoms. The van der Waals surface area contributed by atoms with Gasteiger partial charge in [-0.1, -0.05) is 23.7 Å². The summed E-state index contributed by atoms with van der Waals surface area (Å²) in [7, 11) is 0. The lowest BCUT2D eigenvalue weighted by Gasteiger charge is -2.18. The van der Waals surface area contributed by atoms with E-state index in [2.05, 4.69) is 9.64 Å². The zero-order valence-corrected chi connectivity index (χ0v) is 15.7. The minimum absolute atomic E-state index is 0.163. The van der Waals surface area contributed by atoms with E-state index in [-0.39, 0.29) is 18.2 Å². The van der Waals surface area contributed by atoms with Crippen LogP contribution >= 0.6 is 11.6 Å². The molecule has 1 saturated heterocycles. The minimum Gasteiger partial charge on any atom is -0.406 e. The van der Waals surface area contributed by atoms with Gasteiger partial charge in [0.25, 0.3) is 5.91 Å². The Hall–Kier alpha value is -2.41. The monoisotopic (exact) mass is 410 g/mol. The number of hydrogen-bond acceptors (Lipinski definition) is 3. The van der Waals surface area contributed by atoms with E-state index in [4.69, 9.17) is 11.6 Å². The number of hydrogen-bond donors (Lipinski definition) is 0. The number of amides is 1. The Bertz CT molecular complexity index is 894. The van der Waals surface area contributed by atoms with Gasteiger partial charge in [-0.15, -0.1) is 13.2 Å². The third kappa shape index (κ3) is 3.90. The molecule has 0 aromatic heterocycles. The fourth-order valence-electron chi connectivity index (χ4n) is 3.75. The zero-order valence-electron chi connectivity index (χ0n) is 14.9. The highest BCUT2D eigenvalue weighted by Crippen LogP contribution is 2.35. The molecule has 148 valence electrons. The van der Waals surface area contributed by atoms with Gasteiger partial charge in [-0.2, -0.15) is 0 Å². The first-order valence-corrected chi connectivity index (χ1v) is 9.39. The van der Waals surface area contributed by atoms with Crippen LogP contribution in [0.4, 0.5) is 18.9 Å². The number of nitrogens with zero attached hydrogens (tertiary/aromatic N) is 2. The van der Waals surface area contributed by atoms with Crippen molar-refractivity contribution in [2.75, 3.05) is 18.0 Å². The second-order valence-corrected chi connectivity index (χ2v) is 7.42. The Morgan fingerprint density at radius 3 is 2.39 bits per heavy atom. The fourth-order valence-corrected chi connectivity index (χ4v) is 4.06. The molecule has 1 fully saturated rings. The van der Waals surface area contributed by atoms with Gasteiger partial charge in [0.15, 0.2) is 0 Å². The Morgan fingerprint density at radius 2 is 1.75 bits per heavy atom. The van der Waals surface area contributed by atoms with Gasteiger partial charge in [-0.3, -0.25) is 4.79 Å². The highest BCUT2D eigenvalue weighted by molar-refractivity contribution is 6.34. The second kappa shape index (κ2) is 7.20. The van der Waals surface area contributed by atoms with E-state index >= 15 is 0 Å². The number of alkyl halides is 3. The molecule has 0 aliphatic carbocycles. The highest BCUT2D eigenvalue weighted by atomic mass is 35.5. The van der Waals surface area contributed by atoms with E-state index in [0.29, 0.717) is 22.7 Å². The van der Waals surface area contributed by atoms with Crippen LogP contribution in [0.1, 0.15) is 34.3 Å². The van der Waals surface area contributed by atoms with Crippen LogP contribution in [0.15, 0.2) is 36.4 Å². The Kier molecular flexibility index (Phi) is 4.87. The Labute approximate surface area is 165 Å². The summed E-state index contributed by atoms with van der Waals surface area (Å²) in [4.78, 5) is 16.7. The first-order chi connectivity index (χ1) is 13.3. The van der Waals surface area contributed by atoms with Crippen LogP contribution in [0, 0.1) is 0 Å². The van der Waals surface area contributed by atoms with Crippen molar-refractivity contribution >= 4 is 23.2 Å². The minimum atomic E-state index is -4.72. The first-order valence-electron chi connectivity index (χ1n) is 9.01. The summed E-state index contributed by atoms with van der Waals surface area (Å²) in [6.07, 6.45) is -2.43. The van der Waals surface area contributed by atoms with E-state index < -0.39 is 6.36 Å². The van der Waals surface area contributed by atoms with Crippen molar-refractivity contribution in [3.8, 4) is 5.75 Å². The molecule has 0 radical (unpaired) electrons. The van der Waals surface area contributed by atoms with Gasteiger partial charge in [0.1, 0.15) is 5.75 Å². The molecule has 8 heteroatoms. The molecule has 2 heterocycles. The van der Waals surface area contributed by atoms with Crippen LogP contribution in [-0.2, 0) is 13.1 Å². The molecule has 2 aromatic rings. The lowest BCUT2D eigenvalue weighted by Crippen LogP contribution is -2.23. The van der Waals surface area contributed by atoms with Crippen LogP contribution < -0.4 is 9.64 Å². The van der Waals surface area contributed by atoms with Gasteiger partial charge in [0.2, 0.25) is 0 Å². The third-order valence-electron chi connectivity index (χ3n) is 5.02. The lowest BCUT2D eigenvalue weighted by molar-refractivity contribution is -0.274. The first kappa shape index (κ1) is 18.9. The summed E-state index contributed by atoms with van der Waals surface area (Å²) in [5, 5.41) is 0.445. The third-order valence-corrected chi connectivity index (χ3v) is 5.32. The maximum Gasteiger partial charge on any atom is 0.573 e. The van der Waals surface area contributed by atoms with Crippen molar-refractivity contribution in [3.63, 3.8) is 0 Å². The number of fused-ring (bicyclic) bond motifs is 1. The topological polar surface area (TPSA) is 32.8 Å². The van der Waals surface area contributed by atoms with Gasteiger partial charge in [0, 0.05) is 31.9 Å². The predicted octanol–water partition coefficient (Wildman–Crippen LogP) is 4.99. The van der Waals surface area contributed by atoms with Crippen molar-refractivity contribution in [1.29, 1.82) is 0 Å². The molecule has 0 N–H and O–H groups in total. The van der Waals surface area contributed by atoms with Gasteiger partial charge < -0.3 is 14.5 Å². The maximum atomic E-state index is 12.8. The standard InChI is InChI=1S/C20H18ClF3N2O2/c21-17-10-15(25-7-1-2-8-25)9-14-12-26(19(27)18(14)17)11-13-3-5-16(6-4-13)28-20(22,23)24/h3-6,9-10H,1-2,7-8,11-12H2. The van der Waals surface area contributed by atoms with Gasteiger partial charge >= 0.3 is 6.36 Å². The highest BCUT2D eigenvalue weighted by Gasteiger charge is 2.32. The van der Waals surface area contributed by atoms with Crippen LogP contribution in [0.5, 0.6) is 5.75 Å². The van der Waals surface area contributed by atoms with Crippen molar-refractivity contribution in [2.24, 2.45) is 0 Å².